The molecule has 1 N–H and O–H groups in total. The van der Waals surface area contributed by atoms with Crippen LogP contribution >= 0.6 is 0 Å². The monoisotopic (exact) mass is 239 g/mol. The highest BCUT2D eigenvalue weighted by molar-refractivity contribution is 5.07. The van der Waals surface area contributed by atoms with Crippen LogP contribution in [0, 0.1) is 0 Å². The van der Waals surface area contributed by atoms with Crippen molar-refractivity contribution >= 4 is 0 Å². The van der Waals surface area contributed by atoms with Gasteiger partial charge in [-0.05, 0) is 50.8 Å². The van der Waals surface area contributed by atoms with Crippen LogP contribution in [0.1, 0.15) is 38.7 Å². The van der Waals surface area contributed by atoms with Crippen molar-refractivity contribution in [2.75, 3.05) is 13.7 Å². The molecule has 0 aliphatic heterocycles. The molecule has 0 saturated heterocycles. The molecule has 3 nitrogen and oxygen atoms in total. The van der Waals surface area contributed by atoms with Gasteiger partial charge < -0.3 is 14.5 Å². The zero-order chi connectivity index (χ0) is 12.5. The van der Waals surface area contributed by atoms with E-state index in [1.54, 1.807) is 13.4 Å². The van der Waals surface area contributed by atoms with Gasteiger partial charge in [-0.25, -0.2) is 0 Å². The van der Waals surface area contributed by atoms with Crippen LogP contribution < -0.4 is 5.32 Å². The smallest absolute Gasteiger partial charge is 0.0935 e. The van der Waals surface area contributed by atoms with Crippen LogP contribution in [0.3, 0.4) is 0 Å². The van der Waals surface area contributed by atoms with Gasteiger partial charge in [0.05, 0.1) is 18.6 Å². The topological polar surface area (TPSA) is 34.4 Å². The lowest BCUT2D eigenvalue weighted by Crippen LogP contribution is -2.32. The van der Waals surface area contributed by atoms with Gasteiger partial charge in [0, 0.05) is 13.2 Å². The minimum Gasteiger partial charge on any atom is -0.472 e. The molecule has 1 rings (SSSR count). The summed E-state index contributed by atoms with van der Waals surface area (Å²) in [6, 6.07) is 2.56. The number of hydrogen-bond acceptors (Lipinski definition) is 3. The summed E-state index contributed by atoms with van der Waals surface area (Å²) >= 11 is 0. The van der Waals surface area contributed by atoms with Crippen molar-refractivity contribution in [3.8, 4) is 0 Å². The average Bonchev–Trinajstić information content (AvgIpc) is 2.84. The predicted octanol–water partition coefficient (Wildman–Crippen LogP) is 3.01. The SMILES string of the molecule is CCCNC(CCC(C)OC)Cc1ccoc1. The lowest BCUT2D eigenvalue weighted by atomic mass is 10.0. The molecule has 1 aromatic heterocycles. The van der Waals surface area contributed by atoms with E-state index in [2.05, 4.69) is 19.2 Å². The second-order valence-electron chi connectivity index (χ2n) is 4.61. The zero-order valence-electron chi connectivity index (χ0n) is 11.2. The Morgan fingerprint density at radius 2 is 2.24 bits per heavy atom. The molecule has 0 aliphatic rings. The highest BCUT2D eigenvalue weighted by atomic mass is 16.5. The van der Waals surface area contributed by atoms with E-state index in [-0.39, 0.29) is 0 Å². The molecule has 0 amide bonds. The fourth-order valence-electron chi connectivity index (χ4n) is 1.87. The number of hydrogen-bond donors (Lipinski definition) is 1. The molecule has 0 aromatic carbocycles. The highest BCUT2D eigenvalue weighted by Crippen LogP contribution is 2.11. The third-order valence-corrected chi connectivity index (χ3v) is 3.07. The Hall–Kier alpha value is -0.800. The van der Waals surface area contributed by atoms with E-state index in [0.717, 1.165) is 25.8 Å². The summed E-state index contributed by atoms with van der Waals surface area (Å²) in [5.41, 5.74) is 1.27. The molecule has 0 bridgehead atoms. The molecule has 1 heterocycles. The van der Waals surface area contributed by atoms with Crippen LogP contribution in [0.2, 0.25) is 0 Å². The summed E-state index contributed by atoms with van der Waals surface area (Å²) in [5, 5.41) is 3.59. The van der Waals surface area contributed by atoms with Crippen molar-refractivity contribution in [1.29, 1.82) is 0 Å². The Kier molecular flexibility index (Phi) is 6.97. The molecule has 0 radical (unpaired) electrons. The maximum absolute atomic E-state index is 5.29. The molecular formula is C14H25NO2. The van der Waals surface area contributed by atoms with Crippen LogP contribution in [0.15, 0.2) is 23.0 Å². The van der Waals surface area contributed by atoms with Gasteiger partial charge in [0.25, 0.3) is 0 Å². The molecule has 0 saturated carbocycles. The second-order valence-corrected chi connectivity index (χ2v) is 4.61. The summed E-state index contributed by atoms with van der Waals surface area (Å²) in [6.07, 6.45) is 8.35. The molecule has 98 valence electrons. The molecular weight excluding hydrogens is 214 g/mol. The fourth-order valence-corrected chi connectivity index (χ4v) is 1.87. The molecule has 0 spiro atoms. The van der Waals surface area contributed by atoms with Crippen molar-refractivity contribution in [1.82, 2.24) is 5.32 Å². The van der Waals surface area contributed by atoms with E-state index >= 15 is 0 Å². The lowest BCUT2D eigenvalue weighted by molar-refractivity contribution is 0.106. The van der Waals surface area contributed by atoms with E-state index in [1.165, 1.54) is 12.0 Å². The van der Waals surface area contributed by atoms with Gasteiger partial charge in [0.1, 0.15) is 0 Å². The average molecular weight is 239 g/mol. The number of rotatable bonds is 9. The largest absolute Gasteiger partial charge is 0.472 e. The summed E-state index contributed by atoms with van der Waals surface area (Å²) in [7, 11) is 1.77. The van der Waals surface area contributed by atoms with Crippen LogP contribution in [-0.2, 0) is 11.2 Å². The molecule has 0 fully saturated rings. The zero-order valence-corrected chi connectivity index (χ0v) is 11.2. The van der Waals surface area contributed by atoms with Gasteiger partial charge in [-0.15, -0.1) is 0 Å². The summed E-state index contributed by atoms with van der Waals surface area (Å²) in [6.45, 7) is 5.39. The number of furan rings is 1. The standard InChI is InChI=1S/C14H25NO2/c1-4-8-15-14(6-5-12(2)16-3)10-13-7-9-17-11-13/h7,9,11-12,14-15H,4-6,8,10H2,1-3H3. The van der Waals surface area contributed by atoms with Gasteiger partial charge in [-0.3, -0.25) is 0 Å². The van der Waals surface area contributed by atoms with Crippen molar-refractivity contribution < 1.29 is 9.15 Å². The van der Waals surface area contributed by atoms with E-state index in [0.29, 0.717) is 12.1 Å². The van der Waals surface area contributed by atoms with Gasteiger partial charge in [0.2, 0.25) is 0 Å². The maximum Gasteiger partial charge on any atom is 0.0935 e. The third-order valence-electron chi connectivity index (χ3n) is 3.07. The van der Waals surface area contributed by atoms with E-state index in [1.807, 2.05) is 12.3 Å². The van der Waals surface area contributed by atoms with Crippen molar-refractivity contribution in [3.63, 3.8) is 0 Å². The van der Waals surface area contributed by atoms with Crippen LogP contribution in [-0.4, -0.2) is 25.8 Å². The Morgan fingerprint density at radius 3 is 2.82 bits per heavy atom. The first-order valence-electron chi connectivity index (χ1n) is 6.53. The maximum atomic E-state index is 5.29. The van der Waals surface area contributed by atoms with E-state index < -0.39 is 0 Å². The quantitative estimate of drug-likeness (QED) is 0.719. The Labute approximate surface area is 105 Å². The highest BCUT2D eigenvalue weighted by Gasteiger charge is 2.11. The first kappa shape index (κ1) is 14.3. The first-order chi connectivity index (χ1) is 8.26. The predicted molar refractivity (Wildman–Crippen MR) is 70.2 cm³/mol. The molecule has 1 aromatic rings. The summed E-state index contributed by atoms with van der Waals surface area (Å²) in [5.74, 6) is 0. The lowest BCUT2D eigenvalue weighted by Gasteiger charge is -2.19. The van der Waals surface area contributed by atoms with Crippen molar-refractivity contribution in [3.05, 3.63) is 24.2 Å². The molecule has 2 unspecified atom stereocenters. The van der Waals surface area contributed by atoms with Crippen LogP contribution in [0.4, 0.5) is 0 Å². The molecule has 0 aliphatic carbocycles. The minimum atomic E-state index is 0.338. The van der Waals surface area contributed by atoms with E-state index in [4.69, 9.17) is 9.15 Å². The Morgan fingerprint density at radius 1 is 1.41 bits per heavy atom. The second kappa shape index (κ2) is 8.31. The van der Waals surface area contributed by atoms with Gasteiger partial charge in [-0.2, -0.15) is 0 Å². The Bertz CT molecular complexity index is 272. The Balaban J connectivity index is 2.37. The summed E-state index contributed by atoms with van der Waals surface area (Å²) in [4.78, 5) is 0. The number of nitrogens with one attached hydrogen (secondary N) is 1. The molecule has 17 heavy (non-hydrogen) atoms. The van der Waals surface area contributed by atoms with E-state index in [9.17, 15) is 0 Å². The van der Waals surface area contributed by atoms with Crippen molar-refractivity contribution in [2.24, 2.45) is 0 Å². The minimum absolute atomic E-state index is 0.338. The summed E-state index contributed by atoms with van der Waals surface area (Å²) < 4.78 is 10.4. The normalized spacial score (nSPS) is 14.8. The fraction of sp³-hybridized carbons (Fsp3) is 0.714. The molecule has 3 heteroatoms. The van der Waals surface area contributed by atoms with Crippen LogP contribution in [0.5, 0.6) is 0 Å². The van der Waals surface area contributed by atoms with Gasteiger partial charge in [0.15, 0.2) is 0 Å². The van der Waals surface area contributed by atoms with Gasteiger partial charge >= 0.3 is 0 Å². The molecule has 2 atom stereocenters. The number of ether oxygens (including phenoxy) is 1. The number of methoxy groups -OCH3 is 1. The third kappa shape index (κ3) is 5.89. The van der Waals surface area contributed by atoms with Crippen molar-refractivity contribution in [2.45, 2.75) is 51.7 Å². The van der Waals surface area contributed by atoms with Crippen LogP contribution in [0.25, 0.3) is 0 Å². The van der Waals surface area contributed by atoms with Gasteiger partial charge in [-0.1, -0.05) is 6.92 Å². The first-order valence-corrected chi connectivity index (χ1v) is 6.53.